The van der Waals surface area contributed by atoms with E-state index in [9.17, 15) is 9.90 Å². The number of carbonyl (C=O) groups excluding carboxylic acids is 1. The van der Waals surface area contributed by atoms with Gasteiger partial charge in [0, 0.05) is 5.56 Å². The molecule has 3 N–H and O–H groups in total. The number of nitrogens with one attached hydrogen (secondary N) is 2. The number of para-hydroxylation sites is 2. The quantitative estimate of drug-likeness (QED) is 0.525. The third-order valence-electron chi connectivity index (χ3n) is 2.94. The van der Waals surface area contributed by atoms with Crippen LogP contribution in [0.25, 0.3) is 0 Å². The maximum atomic E-state index is 12.3. The van der Waals surface area contributed by atoms with Crippen molar-refractivity contribution in [3.8, 4) is 11.5 Å². The molecule has 0 radical (unpaired) electrons. The van der Waals surface area contributed by atoms with Crippen LogP contribution in [-0.4, -0.2) is 22.2 Å². The molecule has 24 heavy (non-hydrogen) atoms. The molecule has 0 aliphatic rings. The summed E-state index contributed by atoms with van der Waals surface area (Å²) in [7, 11) is 0. The number of phenolic OH excluding ortho intramolecular Hbond substituents is 1. The summed E-state index contributed by atoms with van der Waals surface area (Å²) in [6.45, 7) is 3.85. The molecule has 0 atom stereocenters. The molecular weight excluding hydrogens is 392 g/mol. The normalized spacial score (nSPS) is 10.3. The average Bonchev–Trinajstić information content (AvgIpc) is 2.51. The zero-order valence-corrected chi connectivity index (χ0v) is 15.6. The molecule has 2 aromatic rings. The SMILES string of the molecule is CC(C)Oc1ccc(C(=O)NC(=S)Nc2ccccc2O)cc1Br. The first kappa shape index (κ1) is 18.2. The molecule has 0 bridgehead atoms. The van der Waals surface area contributed by atoms with Crippen LogP contribution in [0.5, 0.6) is 11.5 Å². The van der Waals surface area contributed by atoms with E-state index in [2.05, 4.69) is 26.6 Å². The molecule has 0 saturated carbocycles. The van der Waals surface area contributed by atoms with Crippen molar-refractivity contribution in [1.29, 1.82) is 0 Å². The van der Waals surface area contributed by atoms with E-state index in [-0.39, 0.29) is 22.9 Å². The van der Waals surface area contributed by atoms with Gasteiger partial charge in [-0.3, -0.25) is 10.1 Å². The van der Waals surface area contributed by atoms with Gasteiger partial charge in [-0.2, -0.15) is 0 Å². The van der Waals surface area contributed by atoms with Gasteiger partial charge in [0.25, 0.3) is 5.91 Å². The molecule has 7 heteroatoms. The fourth-order valence-corrected chi connectivity index (χ4v) is 2.57. The number of halogens is 1. The summed E-state index contributed by atoms with van der Waals surface area (Å²) in [6.07, 6.45) is 0.0382. The van der Waals surface area contributed by atoms with Crippen molar-refractivity contribution in [1.82, 2.24) is 5.32 Å². The van der Waals surface area contributed by atoms with Crippen molar-refractivity contribution >= 4 is 44.9 Å². The molecule has 0 aromatic heterocycles. The van der Waals surface area contributed by atoms with E-state index in [4.69, 9.17) is 17.0 Å². The van der Waals surface area contributed by atoms with E-state index >= 15 is 0 Å². The average molecular weight is 409 g/mol. The van der Waals surface area contributed by atoms with Crippen molar-refractivity contribution in [3.05, 3.63) is 52.5 Å². The van der Waals surface area contributed by atoms with Crippen LogP contribution >= 0.6 is 28.1 Å². The Morgan fingerprint density at radius 1 is 1.25 bits per heavy atom. The fraction of sp³-hybridized carbons (Fsp3) is 0.176. The number of amides is 1. The van der Waals surface area contributed by atoms with E-state index in [1.54, 1.807) is 36.4 Å². The molecule has 0 spiro atoms. The number of hydrogen-bond acceptors (Lipinski definition) is 4. The Hall–Kier alpha value is -2.12. The fourth-order valence-electron chi connectivity index (χ4n) is 1.90. The van der Waals surface area contributed by atoms with Crippen LogP contribution in [0.15, 0.2) is 46.9 Å². The zero-order chi connectivity index (χ0) is 17.7. The highest BCUT2D eigenvalue weighted by Crippen LogP contribution is 2.27. The lowest BCUT2D eigenvalue weighted by Gasteiger charge is -2.13. The topological polar surface area (TPSA) is 70.6 Å². The summed E-state index contributed by atoms with van der Waals surface area (Å²) < 4.78 is 6.29. The zero-order valence-electron chi connectivity index (χ0n) is 13.2. The van der Waals surface area contributed by atoms with Crippen LogP contribution in [0.4, 0.5) is 5.69 Å². The summed E-state index contributed by atoms with van der Waals surface area (Å²) in [5.74, 6) is 0.350. The molecule has 0 fully saturated rings. The Morgan fingerprint density at radius 2 is 1.96 bits per heavy atom. The smallest absolute Gasteiger partial charge is 0.257 e. The monoisotopic (exact) mass is 408 g/mol. The van der Waals surface area contributed by atoms with E-state index in [1.807, 2.05) is 13.8 Å². The van der Waals surface area contributed by atoms with Gasteiger partial charge < -0.3 is 15.2 Å². The van der Waals surface area contributed by atoms with Crippen molar-refractivity contribution in [2.75, 3.05) is 5.32 Å². The number of ether oxygens (including phenoxy) is 1. The molecule has 1 amide bonds. The Morgan fingerprint density at radius 3 is 2.58 bits per heavy atom. The Kier molecular flexibility index (Phi) is 6.16. The van der Waals surface area contributed by atoms with Gasteiger partial charge in [-0.15, -0.1) is 0 Å². The highest BCUT2D eigenvalue weighted by molar-refractivity contribution is 9.10. The predicted molar refractivity (Wildman–Crippen MR) is 102 cm³/mol. The number of anilines is 1. The third kappa shape index (κ3) is 4.94. The molecule has 0 aliphatic heterocycles. The predicted octanol–water partition coefficient (Wildman–Crippen LogP) is 4.07. The molecule has 2 rings (SSSR count). The molecule has 0 unspecified atom stereocenters. The third-order valence-corrected chi connectivity index (χ3v) is 3.76. The molecule has 5 nitrogen and oxygen atoms in total. The highest BCUT2D eigenvalue weighted by Gasteiger charge is 2.12. The van der Waals surface area contributed by atoms with Crippen LogP contribution in [0, 0.1) is 0 Å². The first-order valence-electron chi connectivity index (χ1n) is 7.23. The second-order valence-corrected chi connectivity index (χ2v) is 6.50. The molecule has 2 aromatic carbocycles. The van der Waals surface area contributed by atoms with Gasteiger partial charge in [-0.05, 0) is 72.3 Å². The lowest BCUT2D eigenvalue weighted by Crippen LogP contribution is -2.34. The summed E-state index contributed by atoms with van der Waals surface area (Å²) in [6, 6.07) is 11.7. The van der Waals surface area contributed by atoms with Crippen LogP contribution in [-0.2, 0) is 0 Å². The van der Waals surface area contributed by atoms with Gasteiger partial charge in [0.05, 0.1) is 16.3 Å². The lowest BCUT2D eigenvalue weighted by atomic mass is 10.2. The van der Waals surface area contributed by atoms with Gasteiger partial charge in [0.15, 0.2) is 5.11 Å². The number of carbonyl (C=O) groups is 1. The first-order chi connectivity index (χ1) is 11.4. The number of rotatable bonds is 4. The minimum Gasteiger partial charge on any atom is -0.506 e. The van der Waals surface area contributed by atoms with Crippen molar-refractivity contribution in [3.63, 3.8) is 0 Å². The summed E-state index contributed by atoms with van der Waals surface area (Å²) >= 11 is 8.48. The van der Waals surface area contributed by atoms with E-state index in [0.717, 1.165) is 0 Å². The van der Waals surface area contributed by atoms with Gasteiger partial charge in [0.2, 0.25) is 0 Å². The Labute approximate surface area is 154 Å². The molecular formula is C17H17BrN2O3S. The van der Waals surface area contributed by atoms with Crippen molar-refractivity contribution in [2.24, 2.45) is 0 Å². The number of thiocarbonyl (C=S) groups is 1. The van der Waals surface area contributed by atoms with Crippen molar-refractivity contribution in [2.45, 2.75) is 20.0 Å². The number of hydrogen-bond donors (Lipinski definition) is 3. The van der Waals surface area contributed by atoms with E-state index < -0.39 is 0 Å². The lowest BCUT2D eigenvalue weighted by molar-refractivity contribution is 0.0977. The standard InChI is InChI=1S/C17H17BrN2O3S/c1-10(2)23-15-8-7-11(9-12(15)18)16(22)20-17(24)19-13-5-3-4-6-14(13)21/h3-10,21H,1-2H3,(H2,19,20,22,24). The first-order valence-corrected chi connectivity index (χ1v) is 8.43. The highest BCUT2D eigenvalue weighted by atomic mass is 79.9. The number of benzene rings is 2. The van der Waals surface area contributed by atoms with Crippen LogP contribution in [0.1, 0.15) is 24.2 Å². The molecule has 0 saturated heterocycles. The number of aromatic hydroxyl groups is 1. The van der Waals surface area contributed by atoms with Gasteiger partial charge in [-0.25, -0.2) is 0 Å². The Balaban J connectivity index is 2.03. The van der Waals surface area contributed by atoms with Crippen LogP contribution in [0.2, 0.25) is 0 Å². The minimum absolute atomic E-state index is 0.0382. The number of phenols is 1. The summed E-state index contributed by atoms with van der Waals surface area (Å²) in [5.41, 5.74) is 0.851. The largest absolute Gasteiger partial charge is 0.506 e. The van der Waals surface area contributed by atoms with Crippen LogP contribution in [0.3, 0.4) is 0 Å². The second-order valence-electron chi connectivity index (χ2n) is 5.24. The molecule has 126 valence electrons. The second kappa shape index (κ2) is 8.12. The van der Waals surface area contributed by atoms with Gasteiger partial charge in [-0.1, -0.05) is 12.1 Å². The van der Waals surface area contributed by atoms with Gasteiger partial charge >= 0.3 is 0 Å². The maximum Gasteiger partial charge on any atom is 0.257 e. The van der Waals surface area contributed by atoms with Crippen molar-refractivity contribution < 1.29 is 14.6 Å². The molecule has 0 heterocycles. The molecule has 0 aliphatic carbocycles. The minimum atomic E-state index is -0.361. The van der Waals surface area contributed by atoms with Crippen LogP contribution < -0.4 is 15.4 Å². The van der Waals surface area contributed by atoms with Gasteiger partial charge in [0.1, 0.15) is 11.5 Å². The summed E-state index contributed by atoms with van der Waals surface area (Å²) in [5, 5.41) is 15.1. The summed E-state index contributed by atoms with van der Waals surface area (Å²) in [4.78, 5) is 12.3. The van der Waals surface area contributed by atoms with E-state index in [0.29, 0.717) is 21.5 Å². The Bertz CT molecular complexity index is 765. The van der Waals surface area contributed by atoms with E-state index in [1.165, 1.54) is 6.07 Å². The maximum absolute atomic E-state index is 12.3.